The van der Waals surface area contributed by atoms with Gasteiger partial charge in [-0.2, -0.15) is 0 Å². The summed E-state index contributed by atoms with van der Waals surface area (Å²) in [5.41, 5.74) is 5.83. The monoisotopic (exact) mass is 266 g/mol. The number of rotatable bonds is 4. The van der Waals surface area contributed by atoms with E-state index < -0.39 is 11.4 Å². The summed E-state index contributed by atoms with van der Waals surface area (Å²) in [6.07, 6.45) is 4.03. The number of hydrogen-bond acceptors (Lipinski definition) is 3. The van der Waals surface area contributed by atoms with Crippen LogP contribution in [0.2, 0.25) is 0 Å². The number of anilines is 1. The number of carbonyl (C=O) groups excluding carboxylic acids is 1. The van der Waals surface area contributed by atoms with E-state index in [1.165, 1.54) is 25.3 Å². The van der Waals surface area contributed by atoms with Crippen LogP contribution in [0.1, 0.15) is 32.1 Å². The molecule has 1 aliphatic rings. The van der Waals surface area contributed by atoms with Gasteiger partial charge >= 0.3 is 0 Å². The Balaban J connectivity index is 2.02. The summed E-state index contributed by atoms with van der Waals surface area (Å²) in [5.74, 6) is -0.233. The van der Waals surface area contributed by atoms with Crippen molar-refractivity contribution in [3.8, 4) is 5.75 Å². The highest BCUT2D eigenvalue weighted by atomic mass is 19.1. The second-order valence-electron chi connectivity index (χ2n) is 5.14. The van der Waals surface area contributed by atoms with Crippen molar-refractivity contribution in [2.75, 3.05) is 12.4 Å². The standard InChI is InChI=1S/C14H19FN2O2/c1-19-10-4-5-11(15)12(8-10)17-13(18)9-14(16)6-2-3-7-14/h4-5,8H,2-3,6-7,9,16H2,1H3,(H,17,18). The summed E-state index contributed by atoms with van der Waals surface area (Å²) in [6.45, 7) is 0. The number of nitrogens with one attached hydrogen (secondary N) is 1. The van der Waals surface area contributed by atoms with Crippen molar-refractivity contribution in [3.05, 3.63) is 24.0 Å². The topological polar surface area (TPSA) is 64.3 Å². The summed E-state index contributed by atoms with van der Waals surface area (Å²) < 4.78 is 18.6. The van der Waals surface area contributed by atoms with E-state index in [2.05, 4.69) is 5.32 Å². The molecular weight excluding hydrogens is 247 g/mol. The Bertz CT molecular complexity index is 471. The average Bonchev–Trinajstić information content (AvgIpc) is 2.78. The lowest BCUT2D eigenvalue weighted by atomic mass is 9.94. The zero-order valence-corrected chi connectivity index (χ0v) is 11.0. The maximum Gasteiger partial charge on any atom is 0.226 e. The Labute approximate surface area is 112 Å². The van der Waals surface area contributed by atoms with E-state index in [0.29, 0.717) is 5.75 Å². The van der Waals surface area contributed by atoms with Crippen LogP contribution in [0.4, 0.5) is 10.1 Å². The Morgan fingerprint density at radius 1 is 1.47 bits per heavy atom. The highest BCUT2D eigenvalue weighted by molar-refractivity contribution is 5.91. The molecule has 4 nitrogen and oxygen atoms in total. The molecule has 0 radical (unpaired) electrons. The van der Waals surface area contributed by atoms with E-state index >= 15 is 0 Å². The van der Waals surface area contributed by atoms with Crippen molar-refractivity contribution in [1.29, 1.82) is 0 Å². The number of carbonyl (C=O) groups is 1. The van der Waals surface area contributed by atoms with E-state index in [0.717, 1.165) is 25.7 Å². The van der Waals surface area contributed by atoms with Gasteiger partial charge in [0.15, 0.2) is 0 Å². The minimum atomic E-state index is -0.480. The van der Waals surface area contributed by atoms with Crippen molar-refractivity contribution in [2.24, 2.45) is 5.73 Å². The maximum absolute atomic E-state index is 13.6. The first-order chi connectivity index (χ1) is 9.02. The van der Waals surface area contributed by atoms with Gasteiger partial charge < -0.3 is 15.8 Å². The molecule has 3 N–H and O–H groups in total. The van der Waals surface area contributed by atoms with Crippen molar-refractivity contribution >= 4 is 11.6 Å². The van der Waals surface area contributed by atoms with E-state index in [9.17, 15) is 9.18 Å². The molecule has 0 unspecified atom stereocenters. The van der Waals surface area contributed by atoms with Crippen LogP contribution in [-0.2, 0) is 4.79 Å². The average molecular weight is 266 g/mol. The predicted octanol–water partition coefficient (Wildman–Crippen LogP) is 2.43. The lowest BCUT2D eigenvalue weighted by molar-refractivity contribution is -0.117. The van der Waals surface area contributed by atoms with Crippen LogP contribution in [0.15, 0.2) is 18.2 Å². The molecule has 0 spiro atoms. The van der Waals surface area contributed by atoms with E-state index in [1.54, 1.807) is 0 Å². The van der Waals surface area contributed by atoms with Crippen LogP contribution < -0.4 is 15.8 Å². The number of nitrogens with two attached hydrogens (primary N) is 1. The van der Waals surface area contributed by atoms with E-state index in [1.807, 2.05) is 0 Å². The van der Waals surface area contributed by atoms with Crippen molar-refractivity contribution in [2.45, 2.75) is 37.6 Å². The fourth-order valence-electron chi connectivity index (χ4n) is 2.50. The van der Waals surface area contributed by atoms with Gasteiger partial charge in [0, 0.05) is 18.0 Å². The van der Waals surface area contributed by atoms with Crippen molar-refractivity contribution in [1.82, 2.24) is 0 Å². The van der Waals surface area contributed by atoms with Gasteiger partial charge in [0.05, 0.1) is 12.8 Å². The molecule has 1 aromatic rings. The third-order valence-electron chi connectivity index (χ3n) is 3.56. The van der Waals surface area contributed by atoms with Gasteiger partial charge in [-0.05, 0) is 25.0 Å². The Hall–Kier alpha value is -1.62. The van der Waals surface area contributed by atoms with E-state index in [-0.39, 0.29) is 18.0 Å². The summed E-state index contributed by atoms with van der Waals surface area (Å²) in [7, 11) is 1.49. The number of halogens is 1. The normalized spacial score (nSPS) is 17.2. The third kappa shape index (κ3) is 3.44. The lowest BCUT2D eigenvalue weighted by Gasteiger charge is -2.22. The maximum atomic E-state index is 13.6. The third-order valence-corrected chi connectivity index (χ3v) is 3.56. The van der Waals surface area contributed by atoms with Crippen LogP contribution in [0.5, 0.6) is 5.75 Å². The Morgan fingerprint density at radius 3 is 2.79 bits per heavy atom. The smallest absolute Gasteiger partial charge is 0.226 e. The van der Waals surface area contributed by atoms with Crippen molar-refractivity contribution in [3.63, 3.8) is 0 Å². The number of benzene rings is 1. The molecule has 1 fully saturated rings. The van der Waals surface area contributed by atoms with Gasteiger partial charge in [-0.15, -0.1) is 0 Å². The molecule has 0 aliphatic heterocycles. The number of ether oxygens (including phenoxy) is 1. The van der Waals surface area contributed by atoms with Crippen LogP contribution >= 0.6 is 0 Å². The van der Waals surface area contributed by atoms with Crippen molar-refractivity contribution < 1.29 is 13.9 Å². The molecule has 0 heterocycles. The van der Waals surface area contributed by atoms with E-state index in [4.69, 9.17) is 10.5 Å². The SMILES string of the molecule is COc1ccc(F)c(NC(=O)CC2(N)CCCC2)c1. The number of hydrogen-bond donors (Lipinski definition) is 2. The summed E-state index contributed by atoms with van der Waals surface area (Å²) in [6, 6.07) is 4.24. The van der Waals surface area contributed by atoms with Gasteiger partial charge in [-0.3, -0.25) is 4.79 Å². The highest BCUT2D eigenvalue weighted by Gasteiger charge is 2.31. The van der Waals surface area contributed by atoms with Crippen LogP contribution in [0.25, 0.3) is 0 Å². The molecule has 1 amide bonds. The van der Waals surface area contributed by atoms with Gasteiger partial charge in [0.1, 0.15) is 11.6 Å². The summed E-state index contributed by atoms with van der Waals surface area (Å²) in [5, 5.41) is 2.56. The molecule has 0 saturated heterocycles. The number of amides is 1. The summed E-state index contributed by atoms with van der Waals surface area (Å²) in [4.78, 5) is 11.9. The van der Waals surface area contributed by atoms with Gasteiger partial charge in [-0.25, -0.2) is 4.39 Å². The molecule has 0 bridgehead atoms. The molecule has 0 aromatic heterocycles. The molecule has 5 heteroatoms. The first kappa shape index (κ1) is 13.8. The van der Waals surface area contributed by atoms with Crippen LogP contribution in [0.3, 0.4) is 0 Å². The first-order valence-corrected chi connectivity index (χ1v) is 6.45. The fraction of sp³-hybridized carbons (Fsp3) is 0.500. The Kier molecular flexibility index (Phi) is 4.04. The summed E-state index contributed by atoms with van der Waals surface area (Å²) >= 11 is 0. The largest absolute Gasteiger partial charge is 0.497 e. The second kappa shape index (κ2) is 5.57. The van der Waals surface area contributed by atoms with Gasteiger partial charge in [0.25, 0.3) is 0 Å². The molecule has 0 atom stereocenters. The predicted molar refractivity (Wildman–Crippen MR) is 71.6 cm³/mol. The minimum Gasteiger partial charge on any atom is -0.497 e. The van der Waals surface area contributed by atoms with Crippen LogP contribution in [0, 0.1) is 5.82 Å². The number of methoxy groups -OCH3 is 1. The van der Waals surface area contributed by atoms with Crippen LogP contribution in [-0.4, -0.2) is 18.6 Å². The molecule has 2 rings (SSSR count). The second-order valence-corrected chi connectivity index (χ2v) is 5.14. The van der Waals surface area contributed by atoms with Gasteiger partial charge in [-0.1, -0.05) is 12.8 Å². The molecule has 19 heavy (non-hydrogen) atoms. The molecule has 1 aliphatic carbocycles. The zero-order valence-electron chi connectivity index (χ0n) is 11.0. The first-order valence-electron chi connectivity index (χ1n) is 6.45. The Morgan fingerprint density at radius 2 is 2.16 bits per heavy atom. The zero-order chi connectivity index (χ0) is 13.9. The molecule has 1 aromatic carbocycles. The van der Waals surface area contributed by atoms with Gasteiger partial charge in [0.2, 0.25) is 5.91 Å². The highest BCUT2D eigenvalue weighted by Crippen LogP contribution is 2.30. The molecular formula is C14H19FN2O2. The quantitative estimate of drug-likeness (QED) is 0.879. The minimum absolute atomic E-state index is 0.131. The lowest BCUT2D eigenvalue weighted by Crippen LogP contribution is -2.40. The molecule has 104 valence electrons. The molecule has 1 saturated carbocycles. The fourth-order valence-corrected chi connectivity index (χ4v) is 2.50.